The molecular formula is C20H20N4O3S2. The molecule has 4 rings (SSSR count). The molecule has 1 fully saturated rings. The van der Waals surface area contributed by atoms with E-state index in [1.807, 2.05) is 41.7 Å². The van der Waals surface area contributed by atoms with E-state index < -0.39 is 9.84 Å². The molecule has 29 heavy (non-hydrogen) atoms. The summed E-state index contributed by atoms with van der Waals surface area (Å²) < 4.78 is 25.3. The molecule has 9 heteroatoms. The first-order valence-electron chi connectivity index (χ1n) is 9.20. The van der Waals surface area contributed by atoms with Crippen molar-refractivity contribution in [3.05, 3.63) is 41.5 Å². The average molecular weight is 429 g/mol. The number of carbonyl (C=O) groups is 1. The molecule has 1 aliphatic heterocycles. The van der Waals surface area contributed by atoms with Gasteiger partial charge >= 0.3 is 0 Å². The SMILES string of the molecule is Cc1cc(SCC(=O)N(C)C2CCS(=O)(=O)C2)n2c(nc3ccccc32)c1C#N. The minimum atomic E-state index is -3.04. The van der Waals surface area contributed by atoms with Crippen LogP contribution >= 0.6 is 11.8 Å². The standard InChI is InChI=1S/C20H20N4O3S2/c1-13-9-19(28-11-18(25)23(2)14-7-8-29(26,27)12-14)24-17-6-4-3-5-16(17)22-20(24)15(13)10-21/h3-6,9,14H,7-8,11-12H2,1-2H3. The van der Waals surface area contributed by atoms with Crippen molar-refractivity contribution >= 4 is 44.2 Å². The van der Waals surface area contributed by atoms with Crippen LogP contribution < -0.4 is 0 Å². The number of para-hydroxylation sites is 2. The summed E-state index contributed by atoms with van der Waals surface area (Å²) >= 11 is 1.37. The molecule has 0 saturated carbocycles. The third kappa shape index (κ3) is 3.58. The maximum atomic E-state index is 12.7. The van der Waals surface area contributed by atoms with Gasteiger partial charge in [0.15, 0.2) is 15.5 Å². The number of nitrogens with zero attached hydrogens (tertiary/aromatic N) is 4. The quantitative estimate of drug-likeness (QED) is 0.592. The molecule has 3 aromatic rings. The fraction of sp³-hybridized carbons (Fsp3) is 0.350. The lowest BCUT2D eigenvalue weighted by atomic mass is 10.2. The van der Waals surface area contributed by atoms with Crippen LogP contribution in [0, 0.1) is 18.3 Å². The second-order valence-corrected chi connectivity index (χ2v) is 10.5. The third-order valence-electron chi connectivity index (χ3n) is 5.34. The van der Waals surface area contributed by atoms with Gasteiger partial charge in [0.1, 0.15) is 6.07 Å². The van der Waals surface area contributed by atoms with E-state index in [1.165, 1.54) is 11.8 Å². The number of rotatable bonds is 4. The molecule has 1 amide bonds. The summed E-state index contributed by atoms with van der Waals surface area (Å²) in [6.45, 7) is 1.86. The lowest BCUT2D eigenvalue weighted by Crippen LogP contribution is -2.38. The number of imidazole rings is 1. The minimum Gasteiger partial charge on any atom is -0.341 e. The van der Waals surface area contributed by atoms with Gasteiger partial charge in [0.2, 0.25) is 5.91 Å². The molecular weight excluding hydrogens is 408 g/mol. The molecule has 0 N–H and O–H groups in total. The average Bonchev–Trinajstić information content (AvgIpc) is 3.25. The molecule has 0 bridgehead atoms. The predicted octanol–water partition coefficient (Wildman–Crippen LogP) is 2.41. The summed E-state index contributed by atoms with van der Waals surface area (Å²) in [6, 6.07) is 11.5. The fourth-order valence-electron chi connectivity index (χ4n) is 3.68. The number of fused-ring (bicyclic) bond motifs is 3. The van der Waals surface area contributed by atoms with Gasteiger partial charge in [-0.2, -0.15) is 5.26 Å². The van der Waals surface area contributed by atoms with Crippen molar-refractivity contribution < 1.29 is 13.2 Å². The molecule has 0 radical (unpaired) electrons. The van der Waals surface area contributed by atoms with E-state index in [9.17, 15) is 18.5 Å². The molecule has 1 aliphatic rings. The lowest BCUT2D eigenvalue weighted by Gasteiger charge is -2.23. The molecule has 0 aliphatic carbocycles. The van der Waals surface area contributed by atoms with Crippen molar-refractivity contribution in [2.24, 2.45) is 0 Å². The summed E-state index contributed by atoms with van der Waals surface area (Å²) in [5, 5.41) is 10.4. The minimum absolute atomic E-state index is 0.0340. The predicted molar refractivity (Wildman–Crippen MR) is 113 cm³/mol. The normalized spacial score (nSPS) is 18.2. The Morgan fingerprint density at radius 3 is 2.86 bits per heavy atom. The Morgan fingerprint density at radius 2 is 2.17 bits per heavy atom. The summed E-state index contributed by atoms with van der Waals surface area (Å²) in [6.07, 6.45) is 0.488. The summed E-state index contributed by atoms with van der Waals surface area (Å²) in [7, 11) is -1.38. The van der Waals surface area contributed by atoms with Crippen LogP contribution in [0.1, 0.15) is 17.5 Å². The van der Waals surface area contributed by atoms with Crippen molar-refractivity contribution in [3.63, 3.8) is 0 Å². The van der Waals surface area contributed by atoms with Crippen LogP contribution in [-0.2, 0) is 14.6 Å². The van der Waals surface area contributed by atoms with Crippen LogP contribution in [0.2, 0.25) is 0 Å². The number of pyridine rings is 1. The number of aryl methyl sites for hydroxylation is 1. The molecule has 0 spiro atoms. The number of sulfone groups is 1. The lowest BCUT2D eigenvalue weighted by molar-refractivity contribution is -0.128. The zero-order chi connectivity index (χ0) is 20.8. The third-order valence-corrected chi connectivity index (χ3v) is 8.08. The molecule has 150 valence electrons. The second-order valence-electron chi connectivity index (χ2n) is 7.26. The van der Waals surface area contributed by atoms with Crippen molar-refractivity contribution in [3.8, 4) is 6.07 Å². The van der Waals surface area contributed by atoms with Crippen LogP contribution in [0.5, 0.6) is 0 Å². The zero-order valence-corrected chi connectivity index (χ0v) is 17.8. The summed E-state index contributed by atoms with van der Waals surface area (Å²) in [5.74, 6) is 0.238. The molecule has 1 unspecified atom stereocenters. The topological polar surface area (TPSA) is 95.5 Å². The van der Waals surface area contributed by atoms with Gasteiger partial charge in [-0.05, 0) is 37.1 Å². The Labute approximate surface area is 173 Å². The molecule has 1 aromatic carbocycles. The highest BCUT2D eigenvalue weighted by Crippen LogP contribution is 2.29. The first-order chi connectivity index (χ1) is 13.8. The number of benzene rings is 1. The van der Waals surface area contributed by atoms with Crippen LogP contribution in [0.4, 0.5) is 0 Å². The number of thioether (sulfide) groups is 1. The number of amides is 1. The fourth-order valence-corrected chi connectivity index (χ4v) is 6.50. The van der Waals surface area contributed by atoms with Crippen LogP contribution in [-0.4, -0.2) is 59.0 Å². The van der Waals surface area contributed by atoms with Gasteiger partial charge in [0, 0.05) is 13.1 Å². The van der Waals surface area contributed by atoms with E-state index in [-0.39, 0.29) is 29.2 Å². The van der Waals surface area contributed by atoms with Crippen molar-refractivity contribution in [1.29, 1.82) is 5.26 Å². The molecule has 1 saturated heterocycles. The Balaban J connectivity index is 1.65. The van der Waals surface area contributed by atoms with Crippen LogP contribution in [0.15, 0.2) is 35.4 Å². The maximum absolute atomic E-state index is 12.7. The van der Waals surface area contributed by atoms with Gasteiger partial charge < -0.3 is 4.90 Å². The smallest absolute Gasteiger partial charge is 0.233 e. The molecule has 3 heterocycles. The number of hydrogen-bond acceptors (Lipinski definition) is 6. The van der Waals surface area contributed by atoms with Gasteiger partial charge in [-0.1, -0.05) is 23.9 Å². The second kappa shape index (κ2) is 7.35. The van der Waals surface area contributed by atoms with Gasteiger partial charge in [-0.15, -0.1) is 0 Å². The Hall–Kier alpha value is -2.57. The van der Waals surface area contributed by atoms with E-state index in [2.05, 4.69) is 11.1 Å². The van der Waals surface area contributed by atoms with E-state index in [0.717, 1.165) is 21.6 Å². The van der Waals surface area contributed by atoms with Gasteiger partial charge in [-0.25, -0.2) is 13.4 Å². The number of aromatic nitrogens is 2. The van der Waals surface area contributed by atoms with E-state index in [0.29, 0.717) is 17.6 Å². The summed E-state index contributed by atoms with van der Waals surface area (Å²) in [4.78, 5) is 18.9. The van der Waals surface area contributed by atoms with E-state index in [4.69, 9.17) is 0 Å². The number of hydrogen-bond donors (Lipinski definition) is 0. The van der Waals surface area contributed by atoms with Gasteiger partial charge in [0.25, 0.3) is 0 Å². The van der Waals surface area contributed by atoms with Crippen molar-refractivity contribution in [1.82, 2.24) is 14.3 Å². The maximum Gasteiger partial charge on any atom is 0.233 e. The van der Waals surface area contributed by atoms with E-state index in [1.54, 1.807) is 11.9 Å². The van der Waals surface area contributed by atoms with Crippen LogP contribution in [0.25, 0.3) is 16.7 Å². The first-order valence-corrected chi connectivity index (χ1v) is 12.0. The van der Waals surface area contributed by atoms with Gasteiger partial charge in [0.05, 0.1) is 38.9 Å². The number of nitriles is 1. The Kier molecular flexibility index (Phi) is 5.00. The monoisotopic (exact) mass is 428 g/mol. The molecule has 7 nitrogen and oxygen atoms in total. The Morgan fingerprint density at radius 1 is 1.41 bits per heavy atom. The highest BCUT2D eigenvalue weighted by Gasteiger charge is 2.32. The first kappa shape index (κ1) is 19.7. The van der Waals surface area contributed by atoms with E-state index >= 15 is 0 Å². The van der Waals surface area contributed by atoms with Crippen molar-refractivity contribution in [2.45, 2.75) is 24.4 Å². The highest BCUT2D eigenvalue weighted by molar-refractivity contribution is 7.99. The van der Waals surface area contributed by atoms with Crippen molar-refractivity contribution in [2.75, 3.05) is 24.3 Å². The zero-order valence-electron chi connectivity index (χ0n) is 16.1. The Bertz CT molecular complexity index is 1270. The molecule has 2 aromatic heterocycles. The van der Waals surface area contributed by atoms with Crippen LogP contribution in [0.3, 0.4) is 0 Å². The number of carbonyl (C=O) groups excluding carboxylic acids is 1. The van der Waals surface area contributed by atoms with Gasteiger partial charge in [-0.3, -0.25) is 9.20 Å². The molecule has 1 atom stereocenters. The summed E-state index contributed by atoms with van der Waals surface area (Å²) in [5.41, 5.74) is 3.57. The largest absolute Gasteiger partial charge is 0.341 e. The highest BCUT2D eigenvalue weighted by atomic mass is 32.2.